The van der Waals surface area contributed by atoms with Gasteiger partial charge in [-0.25, -0.2) is 8.42 Å². The van der Waals surface area contributed by atoms with Crippen molar-refractivity contribution in [2.75, 3.05) is 18.0 Å². The molecule has 0 aromatic heterocycles. The van der Waals surface area contributed by atoms with Crippen LogP contribution in [0, 0.1) is 6.92 Å². The van der Waals surface area contributed by atoms with Crippen molar-refractivity contribution in [1.82, 2.24) is 5.32 Å². The summed E-state index contributed by atoms with van der Waals surface area (Å²) >= 11 is 0. The summed E-state index contributed by atoms with van der Waals surface area (Å²) in [5, 5.41) is 3.05. The molecule has 7 heteroatoms. The molecule has 0 saturated heterocycles. The number of amides is 1. The lowest BCUT2D eigenvalue weighted by atomic mass is 10.1. The normalized spacial score (nSPS) is 15.3. The lowest BCUT2D eigenvalue weighted by Crippen LogP contribution is -2.44. The van der Waals surface area contributed by atoms with Gasteiger partial charge in [0.15, 0.2) is 0 Å². The Hall–Kier alpha value is -2.54. The van der Waals surface area contributed by atoms with Crippen molar-refractivity contribution in [3.05, 3.63) is 54.1 Å². The molecule has 1 amide bonds. The number of hydrogen-bond acceptors (Lipinski definition) is 4. The topological polar surface area (TPSA) is 75.7 Å². The van der Waals surface area contributed by atoms with E-state index in [4.69, 9.17) is 4.74 Å². The molecule has 0 bridgehead atoms. The number of ether oxygens (including phenoxy) is 1. The number of anilines is 1. The first-order valence-electron chi connectivity index (χ1n) is 10.4. The van der Waals surface area contributed by atoms with Crippen LogP contribution in [0.4, 0.5) is 5.69 Å². The standard InChI is InChI=1S/C23H30N2O4S/c1-18-16-21(14-15-22(18)29-2)30(27,28)25(20-12-8-5-9-13-20)17-23(26)24-19-10-6-3-4-7-11-19/h5,8-9,12-16,19H,3-4,6-7,10-11,17H2,1-2H3,(H,24,26). The number of aryl methyl sites for hydroxylation is 1. The summed E-state index contributed by atoms with van der Waals surface area (Å²) < 4.78 is 33.4. The highest BCUT2D eigenvalue weighted by Crippen LogP contribution is 2.27. The summed E-state index contributed by atoms with van der Waals surface area (Å²) in [6.07, 6.45) is 6.46. The van der Waals surface area contributed by atoms with Gasteiger partial charge in [0.1, 0.15) is 12.3 Å². The van der Waals surface area contributed by atoms with Gasteiger partial charge in [0.25, 0.3) is 10.0 Å². The highest BCUT2D eigenvalue weighted by Gasteiger charge is 2.28. The maximum absolute atomic E-state index is 13.5. The Labute approximate surface area is 179 Å². The second-order valence-corrected chi connectivity index (χ2v) is 9.60. The van der Waals surface area contributed by atoms with Crippen molar-refractivity contribution in [2.24, 2.45) is 0 Å². The first-order valence-corrected chi connectivity index (χ1v) is 11.9. The van der Waals surface area contributed by atoms with Crippen LogP contribution >= 0.6 is 0 Å². The van der Waals surface area contributed by atoms with Gasteiger partial charge in [-0.3, -0.25) is 9.10 Å². The Morgan fingerprint density at radius 3 is 2.33 bits per heavy atom. The van der Waals surface area contributed by atoms with E-state index in [0.29, 0.717) is 11.4 Å². The van der Waals surface area contributed by atoms with Gasteiger partial charge in [-0.05, 0) is 55.7 Å². The number of methoxy groups -OCH3 is 1. The lowest BCUT2D eigenvalue weighted by molar-refractivity contribution is -0.120. The molecule has 2 aromatic carbocycles. The molecule has 2 aromatic rings. The molecule has 3 rings (SSSR count). The number of para-hydroxylation sites is 1. The Bertz CT molecular complexity index is 952. The minimum absolute atomic E-state index is 0.114. The van der Waals surface area contributed by atoms with Crippen molar-refractivity contribution < 1.29 is 17.9 Å². The molecule has 1 fully saturated rings. The van der Waals surface area contributed by atoms with E-state index in [9.17, 15) is 13.2 Å². The van der Waals surface area contributed by atoms with E-state index in [2.05, 4.69) is 5.32 Å². The molecule has 162 valence electrons. The van der Waals surface area contributed by atoms with Crippen LogP contribution in [0.15, 0.2) is 53.4 Å². The highest BCUT2D eigenvalue weighted by molar-refractivity contribution is 7.92. The Balaban J connectivity index is 1.87. The largest absolute Gasteiger partial charge is 0.496 e. The predicted octanol–water partition coefficient (Wildman–Crippen LogP) is 4.04. The van der Waals surface area contributed by atoms with Crippen molar-refractivity contribution in [3.63, 3.8) is 0 Å². The second-order valence-electron chi connectivity index (χ2n) is 7.73. The molecule has 1 aliphatic carbocycles. The Kier molecular flexibility index (Phi) is 7.37. The van der Waals surface area contributed by atoms with E-state index < -0.39 is 10.0 Å². The molecular formula is C23H30N2O4S. The van der Waals surface area contributed by atoms with Crippen molar-refractivity contribution in [3.8, 4) is 5.75 Å². The minimum atomic E-state index is -3.93. The van der Waals surface area contributed by atoms with Gasteiger partial charge in [-0.2, -0.15) is 0 Å². The van der Waals surface area contributed by atoms with Gasteiger partial charge in [-0.15, -0.1) is 0 Å². The van der Waals surface area contributed by atoms with E-state index in [1.807, 2.05) is 6.07 Å². The average Bonchev–Trinajstić information content (AvgIpc) is 3.01. The highest BCUT2D eigenvalue weighted by atomic mass is 32.2. The van der Waals surface area contributed by atoms with E-state index in [1.165, 1.54) is 23.2 Å². The number of nitrogens with one attached hydrogen (secondary N) is 1. The molecule has 30 heavy (non-hydrogen) atoms. The lowest BCUT2D eigenvalue weighted by Gasteiger charge is -2.25. The van der Waals surface area contributed by atoms with Gasteiger partial charge in [-0.1, -0.05) is 43.9 Å². The zero-order chi connectivity index (χ0) is 21.6. The van der Waals surface area contributed by atoms with Crippen LogP contribution in [-0.2, 0) is 14.8 Å². The molecule has 1 aliphatic rings. The monoisotopic (exact) mass is 430 g/mol. The zero-order valence-corrected chi connectivity index (χ0v) is 18.5. The number of nitrogens with zero attached hydrogens (tertiary/aromatic N) is 1. The number of carbonyl (C=O) groups excluding carboxylic acids is 1. The first-order chi connectivity index (χ1) is 14.4. The van der Waals surface area contributed by atoms with Gasteiger partial charge >= 0.3 is 0 Å². The fourth-order valence-electron chi connectivity index (χ4n) is 3.88. The van der Waals surface area contributed by atoms with Gasteiger partial charge in [0.2, 0.25) is 5.91 Å². The van der Waals surface area contributed by atoms with Crippen LogP contribution in [0.3, 0.4) is 0 Å². The molecule has 6 nitrogen and oxygen atoms in total. The van der Waals surface area contributed by atoms with E-state index in [0.717, 1.165) is 31.2 Å². The zero-order valence-electron chi connectivity index (χ0n) is 17.6. The molecule has 1 N–H and O–H groups in total. The molecule has 0 spiro atoms. The number of rotatable bonds is 7. The molecular weight excluding hydrogens is 400 g/mol. The van der Waals surface area contributed by atoms with Gasteiger partial charge in [0.05, 0.1) is 17.7 Å². The predicted molar refractivity (Wildman–Crippen MR) is 118 cm³/mol. The maximum Gasteiger partial charge on any atom is 0.264 e. The molecule has 1 saturated carbocycles. The third kappa shape index (κ3) is 5.33. The molecule has 0 atom stereocenters. The van der Waals surface area contributed by atoms with Crippen molar-refractivity contribution in [2.45, 2.75) is 56.4 Å². The van der Waals surface area contributed by atoms with Crippen LogP contribution in [0.2, 0.25) is 0 Å². The number of carbonyl (C=O) groups is 1. The fourth-order valence-corrected chi connectivity index (χ4v) is 5.38. The van der Waals surface area contributed by atoms with Crippen molar-refractivity contribution >= 4 is 21.6 Å². The molecule has 0 aliphatic heterocycles. The molecule has 0 radical (unpaired) electrons. The SMILES string of the molecule is COc1ccc(S(=O)(=O)N(CC(=O)NC2CCCCCC2)c2ccccc2)cc1C. The maximum atomic E-state index is 13.5. The summed E-state index contributed by atoms with van der Waals surface area (Å²) in [4.78, 5) is 12.9. The Morgan fingerprint density at radius 1 is 1.07 bits per heavy atom. The minimum Gasteiger partial charge on any atom is -0.496 e. The van der Waals surface area contributed by atoms with E-state index in [1.54, 1.807) is 50.4 Å². The van der Waals surface area contributed by atoms with Crippen molar-refractivity contribution in [1.29, 1.82) is 0 Å². The molecule has 0 unspecified atom stereocenters. The summed E-state index contributed by atoms with van der Waals surface area (Å²) in [6.45, 7) is 1.54. The van der Waals surface area contributed by atoms with Gasteiger partial charge in [0, 0.05) is 6.04 Å². The van der Waals surface area contributed by atoms with Crippen LogP contribution in [0.5, 0.6) is 5.75 Å². The van der Waals surface area contributed by atoms with Crippen LogP contribution in [-0.4, -0.2) is 34.0 Å². The van der Waals surface area contributed by atoms with Crippen LogP contribution in [0.1, 0.15) is 44.1 Å². The van der Waals surface area contributed by atoms with E-state index in [-0.39, 0.29) is 23.4 Å². The molecule has 0 heterocycles. The third-order valence-corrected chi connectivity index (χ3v) is 7.28. The smallest absolute Gasteiger partial charge is 0.264 e. The third-order valence-electron chi connectivity index (χ3n) is 5.51. The van der Waals surface area contributed by atoms with Crippen LogP contribution < -0.4 is 14.4 Å². The number of hydrogen-bond donors (Lipinski definition) is 1. The first kappa shape index (κ1) is 22.2. The number of benzene rings is 2. The summed E-state index contributed by atoms with van der Waals surface area (Å²) in [6, 6.07) is 13.6. The summed E-state index contributed by atoms with van der Waals surface area (Å²) in [5.74, 6) is 0.339. The fraction of sp³-hybridized carbons (Fsp3) is 0.435. The number of sulfonamides is 1. The summed E-state index contributed by atoms with van der Waals surface area (Å²) in [7, 11) is -2.38. The van der Waals surface area contributed by atoms with Crippen LogP contribution in [0.25, 0.3) is 0 Å². The van der Waals surface area contributed by atoms with E-state index >= 15 is 0 Å². The average molecular weight is 431 g/mol. The van der Waals surface area contributed by atoms with Gasteiger partial charge < -0.3 is 10.1 Å². The summed E-state index contributed by atoms with van der Waals surface area (Å²) in [5.41, 5.74) is 1.18. The second kappa shape index (κ2) is 9.98. The quantitative estimate of drug-likeness (QED) is 0.673. The Morgan fingerprint density at radius 2 is 1.73 bits per heavy atom.